The topological polar surface area (TPSA) is 73.2 Å². The molecule has 6 heteroatoms. The molecule has 0 unspecified atom stereocenters. The Balaban J connectivity index is 2.05. The Bertz CT molecular complexity index is 965. The van der Waals surface area contributed by atoms with E-state index in [1.165, 1.54) is 0 Å². The van der Waals surface area contributed by atoms with Gasteiger partial charge in [-0.25, -0.2) is 4.98 Å². The van der Waals surface area contributed by atoms with Crippen LogP contribution < -0.4 is 5.32 Å². The van der Waals surface area contributed by atoms with Crippen molar-refractivity contribution in [2.45, 2.75) is 46.7 Å². The summed E-state index contributed by atoms with van der Waals surface area (Å²) in [6.45, 7) is 8.84. The summed E-state index contributed by atoms with van der Waals surface area (Å²) in [6, 6.07) is 6.23. The second-order valence-electron chi connectivity index (χ2n) is 7.85. The second-order valence-corrected chi connectivity index (χ2v) is 7.85. The highest BCUT2D eigenvalue weighted by Gasteiger charge is 2.20. The van der Waals surface area contributed by atoms with Gasteiger partial charge in [-0.3, -0.25) is 4.79 Å². The van der Waals surface area contributed by atoms with Crippen molar-refractivity contribution in [1.29, 1.82) is 0 Å². The number of hydrogen-bond donors (Lipinski definition) is 1. The fourth-order valence-electron chi connectivity index (χ4n) is 3.76. The van der Waals surface area contributed by atoms with Crippen LogP contribution in [0.2, 0.25) is 0 Å². The molecule has 1 fully saturated rings. The Morgan fingerprint density at radius 1 is 1.30 bits per heavy atom. The molecule has 1 aromatic heterocycles. The van der Waals surface area contributed by atoms with Crippen LogP contribution in [0.3, 0.4) is 0 Å². The molecule has 0 amide bonds. The molecule has 0 bridgehead atoms. The maximum absolute atomic E-state index is 11.8. The molecular formula is C24H31N3O3. The molecule has 2 aromatic rings. The van der Waals surface area contributed by atoms with Gasteiger partial charge in [-0.15, -0.1) is 0 Å². The summed E-state index contributed by atoms with van der Waals surface area (Å²) in [6.07, 6.45) is 6.88. The lowest BCUT2D eigenvalue weighted by atomic mass is 10.00. The van der Waals surface area contributed by atoms with Crippen LogP contribution in [0.5, 0.6) is 0 Å². The van der Waals surface area contributed by atoms with E-state index in [1.807, 2.05) is 38.1 Å². The van der Waals surface area contributed by atoms with Gasteiger partial charge >= 0.3 is 0 Å². The average molecular weight is 410 g/mol. The van der Waals surface area contributed by atoms with E-state index in [0.717, 1.165) is 66.9 Å². The number of ether oxygens (including phenoxy) is 1. The molecule has 2 heterocycles. The third-order valence-corrected chi connectivity index (χ3v) is 5.65. The first-order valence-corrected chi connectivity index (χ1v) is 10.6. The molecule has 160 valence electrons. The number of carbonyl (C=O) groups is 2. The molecule has 0 atom stereocenters. The summed E-state index contributed by atoms with van der Waals surface area (Å²) >= 11 is 0. The Kier molecular flexibility index (Phi) is 7.71. The fourth-order valence-corrected chi connectivity index (χ4v) is 3.76. The van der Waals surface area contributed by atoms with Gasteiger partial charge in [0.05, 0.1) is 17.6 Å². The number of imidazole rings is 1. The maximum atomic E-state index is 11.8. The van der Waals surface area contributed by atoms with E-state index in [9.17, 15) is 9.59 Å². The van der Waals surface area contributed by atoms with Crippen LogP contribution in [0.25, 0.3) is 16.6 Å². The van der Waals surface area contributed by atoms with Gasteiger partial charge in [0.15, 0.2) is 5.78 Å². The molecule has 0 spiro atoms. The number of nitrogens with zero attached hydrogens (tertiary/aromatic N) is 2. The normalized spacial score (nSPS) is 16.2. The van der Waals surface area contributed by atoms with Crippen LogP contribution >= 0.6 is 0 Å². The third-order valence-electron chi connectivity index (χ3n) is 5.65. The SMILES string of the molecule is C/C=C(\C=C(\C)C(C)=O)c1nc2ccc(CNCC=O)cc2n1CC1CCOCC1. The highest BCUT2D eigenvalue weighted by atomic mass is 16.5. The zero-order valence-electron chi connectivity index (χ0n) is 18.1. The van der Waals surface area contributed by atoms with Gasteiger partial charge in [0.25, 0.3) is 0 Å². The molecule has 30 heavy (non-hydrogen) atoms. The molecule has 0 saturated carbocycles. The van der Waals surface area contributed by atoms with E-state index in [0.29, 0.717) is 24.6 Å². The minimum Gasteiger partial charge on any atom is -0.381 e. The van der Waals surface area contributed by atoms with Crippen LogP contribution in [0, 0.1) is 5.92 Å². The predicted octanol–water partition coefficient (Wildman–Crippen LogP) is 3.69. The lowest BCUT2D eigenvalue weighted by Crippen LogP contribution is -2.21. The van der Waals surface area contributed by atoms with Crippen LogP contribution in [-0.2, 0) is 27.4 Å². The van der Waals surface area contributed by atoms with Crippen molar-refractivity contribution in [3.63, 3.8) is 0 Å². The molecule has 0 radical (unpaired) electrons. The van der Waals surface area contributed by atoms with Crippen molar-refractivity contribution >= 4 is 28.7 Å². The van der Waals surface area contributed by atoms with Gasteiger partial charge in [0.2, 0.25) is 0 Å². The van der Waals surface area contributed by atoms with Crippen molar-refractivity contribution < 1.29 is 14.3 Å². The number of allylic oxidation sites excluding steroid dienone is 4. The number of aromatic nitrogens is 2. The molecule has 6 nitrogen and oxygen atoms in total. The van der Waals surface area contributed by atoms with E-state index in [2.05, 4.69) is 16.0 Å². The zero-order chi connectivity index (χ0) is 21.5. The molecule has 1 N–H and O–H groups in total. The number of rotatable bonds is 9. The first-order chi connectivity index (χ1) is 14.5. The third kappa shape index (κ3) is 5.32. The molecule has 3 rings (SSSR count). The number of hydrogen-bond acceptors (Lipinski definition) is 5. The second kappa shape index (κ2) is 10.5. The Labute approximate surface area is 178 Å². The van der Waals surface area contributed by atoms with Crippen molar-refractivity contribution in [2.75, 3.05) is 19.8 Å². The van der Waals surface area contributed by atoms with Gasteiger partial charge < -0.3 is 19.4 Å². The molecule has 1 aliphatic rings. The summed E-state index contributed by atoms with van der Waals surface area (Å²) in [5.74, 6) is 1.48. The predicted molar refractivity (Wildman–Crippen MR) is 119 cm³/mol. The fraction of sp³-hybridized carbons (Fsp3) is 0.458. The van der Waals surface area contributed by atoms with Crippen molar-refractivity contribution in [3.05, 3.63) is 47.3 Å². The van der Waals surface area contributed by atoms with E-state index in [-0.39, 0.29) is 5.78 Å². The van der Waals surface area contributed by atoms with E-state index >= 15 is 0 Å². The summed E-state index contributed by atoms with van der Waals surface area (Å²) < 4.78 is 7.82. The van der Waals surface area contributed by atoms with Gasteiger partial charge in [-0.05, 0) is 68.9 Å². The minimum absolute atomic E-state index is 0.0602. The number of nitrogens with one attached hydrogen (secondary N) is 1. The number of aldehydes is 1. The Morgan fingerprint density at radius 3 is 2.73 bits per heavy atom. The highest BCUT2D eigenvalue weighted by Crippen LogP contribution is 2.28. The Hall–Kier alpha value is -2.57. The number of fused-ring (bicyclic) bond motifs is 1. The summed E-state index contributed by atoms with van der Waals surface area (Å²) in [7, 11) is 0. The van der Waals surface area contributed by atoms with Gasteiger partial charge in [0, 0.05) is 31.9 Å². The van der Waals surface area contributed by atoms with Crippen molar-refractivity contribution in [2.24, 2.45) is 5.92 Å². The van der Waals surface area contributed by atoms with Crippen LogP contribution in [0.15, 0.2) is 35.9 Å². The largest absolute Gasteiger partial charge is 0.381 e. The molecular weight excluding hydrogens is 378 g/mol. The number of Topliss-reactive ketones (excluding diaryl/α,β-unsaturated/α-hetero) is 1. The first kappa shape index (κ1) is 22.1. The molecule has 0 aliphatic carbocycles. The minimum atomic E-state index is 0.0602. The zero-order valence-corrected chi connectivity index (χ0v) is 18.1. The van der Waals surface area contributed by atoms with E-state index in [1.54, 1.807) is 6.92 Å². The summed E-state index contributed by atoms with van der Waals surface area (Å²) in [4.78, 5) is 27.3. The van der Waals surface area contributed by atoms with E-state index < -0.39 is 0 Å². The smallest absolute Gasteiger partial charge is 0.155 e. The summed E-state index contributed by atoms with van der Waals surface area (Å²) in [5, 5.41) is 3.12. The van der Waals surface area contributed by atoms with Crippen LogP contribution in [0.1, 0.15) is 45.0 Å². The number of ketones is 1. The van der Waals surface area contributed by atoms with Gasteiger partial charge in [-0.1, -0.05) is 12.1 Å². The standard InChI is InChI=1S/C24H31N3O3/c1-4-21(13-17(2)18(3)29)24-26-22-6-5-20(15-25-9-10-28)14-23(22)27(24)16-19-7-11-30-12-8-19/h4-6,10,13-14,19,25H,7-9,11-12,15-16H2,1-3H3/b17-13-,21-4+. The average Bonchev–Trinajstić information content (AvgIpc) is 3.10. The quantitative estimate of drug-likeness (QED) is 0.296. The summed E-state index contributed by atoms with van der Waals surface area (Å²) in [5.41, 5.74) is 4.79. The highest BCUT2D eigenvalue weighted by molar-refractivity contribution is 5.96. The van der Waals surface area contributed by atoms with Gasteiger partial charge in [-0.2, -0.15) is 0 Å². The maximum Gasteiger partial charge on any atom is 0.155 e. The Morgan fingerprint density at radius 2 is 2.07 bits per heavy atom. The van der Waals surface area contributed by atoms with E-state index in [4.69, 9.17) is 9.72 Å². The molecule has 1 aliphatic heterocycles. The van der Waals surface area contributed by atoms with Crippen molar-refractivity contribution in [1.82, 2.24) is 14.9 Å². The number of carbonyl (C=O) groups excluding carboxylic acids is 2. The lowest BCUT2D eigenvalue weighted by molar-refractivity contribution is -0.113. The monoisotopic (exact) mass is 409 g/mol. The van der Waals surface area contributed by atoms with Crippen molar-refractivity contribution in [3.8, 4) is 0 Å². The van der Waals surface area contributed by atoms with Gasteiger partial charge in [0.1, 0.15) is 12.1 Å². The molecule has 1 saturated heterocycles. The number of benzene rings is 1. The molecule has 1 aromatic carbocycles. The first-order valence-electron chi connectivity index (χ1n) is 10.6. The van der Waals surface area contributed by atoms with Crippen LogP contribution in [0.4, 0.5) is 0 Å². The van der Waals surface area contributed by atoms with Crippen LogP contribution in [-0.4, -0.2) is 41.4 Å². The lowest BCUT2D eigenvalue weighted by Gasteiger charge is -2.24.